The Balaban J connectivity index is 1.77. The minimum absolute atomic E-state index is 0.368. The number of hydrogen-bond acceptors (Lipinski definition) is 5. The van der Waals surface area contributed by atoms with Crippen LogP contribution in [0.15, 0.2) is 22.6 Å². The molecule has 0 amide bonds. The fourth-order valence-corrected chi connectivity index (χ4v) is 3.27. The number of hydrogen-bond donors (Lipinski definition) is 0. The van der Waals surface area contributed by atoms with Crippen LogP contribution >= 0.6 is 23.2 Å². The summed E-state index contributed by atoms with van der Waals surface area (Å²) in [5.41, 5.74) is 0.594. The van der Waals surface area contributed by atoms with Crippen molar-refractivity contribution in [1.29, 1.82) is 0 Å². The molecular formula is C15H18Cl2N4O. The molecular weight excluding hydrogens is 323 g/mol. The first-order valence-electron chi connectivity index (χ1n) is 7.24. The zero-order valence-electron chi connectivity index (χ0n) is 12.6. The van der Waals surface area contributed by atoms with E-state index < -0.39 is 0 Å². The van der Waals surface area contributed by atoms with Gasteiger partial charge in [-0.3, -0.25) is 4.90 Å². The molecule has 0 N–H and O–H groups in total. The Morgan fingerprint density at radius 1 is 1.23 bits per heavy atom. The number of rotatable bonds is 3. The predicted molar refractivity (Wildman–Crippen MR) is 87.1 cm³/mol. The summed E-state index contributed by atoms with van der Waals surface area (Å²) in [5, 5.41) is 9.24. The Bertz CT molecular complexity index is 640. The SMILES string of the molecule is CC1CN(C)CCN1Cc1nnc(-c2c(Cl)cccc2Cl)o1. The summed E-state index contributed by atoms with van der Waals surface area (Å²) in [4.78, 5) is 4.66. The molecule has 0 aliphatic carbocycles. The summed E-state index contributed by atoms with van der Waals surface area (Å²) in [6.07, 6.45) is 0. The molecule has 0 bridgehead atoms. The molecule has 1 aliphatic rings. The molecule has 118 valence electrons. The van der Waals surface area contributed by atoms with Crippen LogP contribution in [0.4, 0.5) is 0 Å². The summed E-state index contributed by atoms with van der Waals surface area (Å²) < 4.78 is 5.76. The van der Waals surface area contributed by atoms with Gasteiger partial charge in [-0.15, -0.1) is 10.2 Å². The van der Waals surface area contributed by atoms with Gasteiger partial charge in [0.05, 0.1) is 22.2 Å². The van der Waals surface area contributed by atoms with E-state index in [1.165, 1.54) is 0 Å². The van der Waals surface area contributed by atoms with Gasteiger partial charge in [0, 0.05) is 25.7 Å². The zero-order chi connectivity index (χ0) is 15.7. The number of piperazine rings is 1. The highest BCUT2D eigenvalue weighted by molar-refractivity contribution is 6.38. The average Bonchev–Trinajstić information content (AvgIpc) is 2.90. The topological polar surface area (TPSA) is 45.4 Å². The number of aromatic nitrogens is 2. The summed E-state index contributed by atoms with van der Waals surface area (Å²) in [6, 6.07) is 5.76. The molecule has 2 aromatic rings. The van der Waals surface area contributed by atoms with Crippen LogP contribution in [-0.4, -0.2) is 52.7 Å². The minimum Gasteiger partial charge on any atom is -0.419 e. The van der Waals surface area contributed by atoms with E-state index in [9.17, 15) is 0 Å². The Morgan fingerprint density at radius 2 is 1.95 bits per heavy atom. The Kier molecular flexibility index (Phi) is 4.68. The first-order valence-corrected chi connectivity index (χ1v) is 7.99. The smallest absolute Gasteiger partial charge is 0.250 e. The molecule has 0 radical (unpaired) electrons. The standard InChI is InChI=1S/C15H18Cl2N4O/c1-10-8-20(2)6-7-21(10)9-13-18-19-15(22-13)14-11(16)4-3-5-12(14)17/h3-5,10H,6-9H2,1-2H3. The van der Waals surface area contributed by atoms with Crippen LogP contribution in [0.2, 0.25) is 10.0 Å². The fraction of sp³-hybridized carbons (Fsp3) is 0.467. The third-order valence-electron chi connectivity index (χ3n) is 3.95. The lowest BCUT2D eigenvalue weighted by Crippen LogP contribution is -2.49. The summed E-state index contributed by atoms with van der Waals surface area (Å²) in [7, 11) is 2.14. The summed E-state index contributed by atoms with van der Waals surface area (Å²) >= 11 is 12.4. The van der Waals surface area contributed by atoms with Crippen LogP contribution in [0, 0.1) is 0 Å². The van der Waals surface area contributed by atoms with Crippen LogP contribution in [-0.2, 0) is 6.54 Å². The molecule has 0 spiro atoms. The summed E-state index contributed by atoms with van der Waals surface area (Å²) in [6.45, 7) is 5.92. The molecule has 22 heavy (non-hydrogen) atoms. The van der Waals surface area contributed by atoms with Crippen molar-refractivity contribution in [3.05, 3.63) is 34.1 Å². The molecule has 1 aromatic heterocycles. The van der Waals surface area contributed by atoms with Gasteiger partial charge in [0.25, 0.3) is 5.89 Å². The lowest BCUT2D eigenvalue weighted by molar-refractivity contribution is 0.0860. The number of likely N-dealkylation sites (N-methyl/N-ethyl adjacent to an activating group) is 1. The van der Waals surface area contributed by atoms with Crippen LogP contribution in [0.1, 0.15) is 12.8 Å². The van der Waals surface area contributed by atoms with Crippen molar-refractivity contribution in [1.82, 2.24) is 20.0 Å². The van der Waals surface area contributed by atoms with Crippen molar-refractivity contribution >= 4 is 23.2 Å². The molecule has 1 aromatic carbocycles. The quantitative estimate of drug-likeness (QED) is 0.858. The monoisotopic (exact) mass is 340 g/mol. The van der Waals surface area contributed by atoms with Gasteiger partial charge < -0.3 is 9.32 Å². The molecule has 1 atom stereocenters. The van der Waals surface area contributed by atoms with E-state index in [1.54, 1.807) is 18.2 Å². The molecule has 2 heterocycles. The van der Waals surface area contributed by atoms with Gasteiger partial charge in [0.15, 0.2) is 0 Å². The number of halogens is 2. The number of nitrogens with zero attached hydrogens (tertiary/aromatic N) is 4. The maximum absolute atomic E-state index is 6.18. The van der Waals surface area contributed by atoms with Gasteiger partial charge in [-0.1, -0.05) is 29.3 Å². The van der Waals surface area contributed by atoms with Crippen molar-refractivity contribution in [3.63, 3.8) is 0 Å². The molecule has 1 saturated heterocycles. The maximum atomic E-state index is 6.18. The Labute approximate surface area is 139 Å². The van der Waals surface area contributed by atoms with E-state index in [-0.39, 0.29) is 0 Å². The van der Waals surface area contributed by atoms with Crippen molar-refractivity contribution < 1.29 is 4.42 Å². The lowest BCUT2D eigenvalue weighted by Gasteiger charge is -2.37. The molecule has 1 fully saturated rings. The molecule has 1 aliphatic heterocycles. The second-order valence-corrected chi connectivity index (χ2v) is 6.49. The third kappa shape index (κ3) is 3.27. The van der Waals surface area contributed by atoms with E-state index in [0.29, 0.717) is 40.0 Å². The molecule has 5 nitrogen and oxygen atoms in total. The van der Waals surface area contributed by atoms with Gasteiger partial charge in [0.1, 0.15) is 0 Å². The van der Waals surface area contributed by atoms with Crippen LogP contribution in [0.5, 0.6) is 0 Å². The van der Waals surface area contributed by atoms with Crippen LogP contribution < -0.4 is 0 Å². The maximum Gasteiger partial charge on any atom is 0.250 e. The van der Waals surface area contributed by atoms with Crippen molar-refractivity contribution in [2.45, 2.75) is 19.5 Å². The highest BCUT2D eigenvalue weighted by atomic mass is 35.5. The van der Waals surface area contributed by atoms with Gasteiger partial charge in [-0.05, 0) is 26.1 Å². The highest BCUT2D eigenvalue weighted by Gasteiger charge is 2.24. The van der Waals surface area contributed by atoms with Crippen molar-refractivity contribution in [3.8, 4) is 11.5 Å². The van der Waals surface area contributed by atoms with E-state index in [4.69, 9.17) is 27.6 Å². The average molecular weight is 341 g/mol. The van der Waals surface area contributed by atoms with Crippen LogP contribution in [0.3, 0.4) is 0 Å². The first kappa shape index (κ1) is 15.7. The number of benzene rings is 1. The largest absolute Gasteiger partial charge is 0.419 e. The molecule has 1 unspecified atom stereocenters. The van der Waals surface area contributed by atoms with Gasteiger partial charge in [-0.25, -0.2) is 0 Å². The van der Waals surface area contributed by atoms with Crippen molar-refractivity contribution in [2.75, 3.05) is 26.7 Å². The van der Waals surface area contributed by atoms with Gasteiger partial charge in [0.2, 0.25) is 5.89 Å². The molecule has 0 saturated carbocycles. The summed E-state index contributed by atoms with van der Waals surface area (Å²) in [5.74, 6) is 0.953. The van der Waals surface area contributed by atoms with Gasteiger partial charge in [-0.2, -0.15) is 0 Å². The van der Waals surface area contributed by atoms with Crippen molar-refractivity contribution in [2.24, 2.45) is 0 Å². The minimum atomic E-state index is 0.368. The Morgan fingerprint density at radius 3 is 2.64 bits per heavy atom. The second kappa shape index (κ2) is 6.54. The van der Waals surface area contributed by atoms with Crippen LogP contribution in [0.25, 0.3) is 11.5 Å². The van der Waals surface area contributed by atoms with Gasteiger partial charge >= 0.3 is 0 Å². The fourth-order valence-electron chi connectivity index (χ4n) is 2.71. The highest BCUT2D eigenvalue weighted by Crippen LogP contribution is 2.33. The van der Waals surface area contributed by atoms with E-state index in [1.807, 2.05) is 0 Å². The lowest BCUT2D eigenvalue weighted by atomic mass is 10.2. The third-order valence-corrected chi connectivity index (χ3v) is 4.58. The Hall–Kier alpha value is -1.14. The van der Waals surface area contributed by atoms with E-state index >= 15 is 0 Å². The molecule has 7 heteroatoms. The second-order valence-electron chi connectivity index (χ2n) is 5.68. The molecule has 3 rings (SSSR count). The first-order chi connectivity index (χ1) is 10.5. The zero-order valence-corrected chi connectivity index (χ0v) is 14.1. The van der Waals surface area contributed by atoms with E-state index in [0.717, 1.165) is 19.6 Å². The normalized spacial score (nSPS) is 20.5. The van der Waals surface area contributed by atoms with E-state index in [2.05, 4.69) is 34.0 Å². The predicted octanol–water partition coefficient (Wildman–Crippen LogP) is 3.18.